The highest BCUT2D eigenvalue weighted by Gasteiger charge is 2.19. The molecule has 0 bridgehead atoms. The van der Waals surface area contributed by atoms with Crippen molar-refractivity contribution in [1.29, 1.82) is 0 Å². The highest BCUT2D eigenvalue weighted by molar-refractivity contribution is 5.88. The Morgan fingerprint density at radius 2 is 1.77 bits per heavy atom. The molecule has 0 aliphatic carbocycles. The Balaban J connectivity index is 1.72. The van der Waals surface area contributed by atoms with Gasteiger partial charge in [0.25, 0.3) is 5.69 Å². The molecule has 150 valence electrons. The van der Waals surface area contributed by atoms with Crippen molar-refractivity contribution in [1.82, 2.24) is 0 Å². The molecule has 1 aromatic heterocycles. The Morgan fingerprint density at radius 3 is 2.50 bits per heavy atom. The summed E-state index contributed by atoms with van der Waals surface area (Å²) in [5.41, 5.74) is 0.257. The van der Waals surface area contributed by atoms with Crippen LogP contribution in [0.5, 0.6) is 17.2 Å². The van der Waals surface area contributed by atoms with Crippen molar-refractivity contribution >= 4 is 16.7 Å². The third kappa shape index (κ3) is 3.53. The molecule has 30 heavy (non-hydrogen) atoms. The largest absolute Gasteiger partial charge is 0.507 e. The minimum atomic E-state index is -0.766. The van der Waals surface area contributed by atoms with Crippen LogP contribution < -0.4 is 10.2 Å². The monoisotopic (exact) mass is 405 g/mol. The first kappa shape index (κ1) is 19.0. The van der Waals surface area contributed by atoms with Crippen molar-refractivity contribution < 1.29 is 24.3 Å². The van der Waals surface area contributed by atoms with Gasteiger partial charge in [-0.05, 0) is 5.56 Å². The summed E-state index contributed by atoms with van der Waals surface area (Å²) < 4.78 is 11.3. The Hall–Kier alpha value is -4.33. The zero-order chi connectivity index (χ0) is 21.3. The molecule has 0 radical (unpaired) electrons. The zero-order valence-electron chi connectivity index (χ0n) is 15.4. The van der Waals surface area contributed by atoms with E-state index in [9.17, 15) is 25.1 Å². The number of nitrogens with zero attached hydrogens (tertiary/aromatic N) is 1. The molecule has 4 aromatic rings. The molecule has 4 rings (SSSR count). The average molecular weight is 405 g/mol. The van der Waals surface area contributed by atoms with Crippen molar-refractivity contribution in [2.24, 2.45) is 0 Å². The summed E-state index contributed by atoms with van der Waals surface area (Å²) in [6, 6.07) is 17.2. The summed E-state index contributed by atoms with van der Waals surface area (Å²) in [5.74, 6) is -0.845. The van der Waals surface area contributed by atoms with Crippen molar-refractivity contribution in [3.8, 4) is 28.6 Å². The van der Waals surface area contributed by atoms with Gasteiger partial charge in [-0.2, -0.15) is 0 Å². The number of nitro benzene ring substituents is 1. The van der Waals surface area contributed by atoms with E-state index >= 15 is 0 Å². The quantitative estimate of drug-likeness (QED) is 0.373. The van der Waals surface area contributed by atoms with Crippen LogP contribution in [0.4, 0.5) is 5.69 Å². The van der Waals surface area contributed by atoms with Crippen LogP contribution in [0.1, 0.15) is 5.56 Å². The Kier molecular flexibility index (Phi) is 4.81. The second-order valence-electron chi connectivity index (χ2n) is 6.51. The third-order valence-corrected chi connectivity index (χ3v) is 4.49. The second kappa shape index (κ2) is 7.59. The number of hydrogen-bond donors (Lipinski definition) is 2. The van der Waals surface area contributed by atoms with Gasteiger partial charge >= 0.3 is 0 Å². The smallest absolute Gasteiger partial charge is 0.269 e. The third-order valence-electron chi connectivity index (χ3n) is 4.49. The highest BCUT2D eigenvalue weighted by atomic mass is 16.6. The lowest BCUT2D eigenvalue weighted by Crippen LogP contribution is -2.04. The van der Waals surface area contributed by atoms with E-state index in [1.807, 2.05) is 0 Å². The summed E-state index contributed by atoms with van der Waals surface area (Å²) in [6.07, 6.45) is 0. The van der Waals surface area contributed by atoms with Crippen LogP contribution in [0.25, 0.3) is 22.3 Å². The lowest BCUT2D eigenvalue weighted by Gasteiger charge is -2.10. The number of phenolic OH excluding ortho intramolecular Hbond substituents is 1. The minimum Gasteiger partial charge on any atom is -0.507 e. The van der Waals surface area contributed by atoms with Gasteiger partial charge < -0.3 is 19.4 Å². The molecule has 3 aromatic carbocycles. The summed E-state index contributed by atoms with van der Waals surface area (Å²) in [4.78, 5) is 23.0. The lowest BCUT2D eigenvalue weighted by molar-refractivity contribution is -0.384. The number of phenols is 1. The Bertz CT molecular complexity index is 1310. The topological polar surface area (TPSA) is 123 Å². The number of benzene rings is 3. The van der Waals surface area contributed by atoms with Crippen LogP contribution in [0.3, 0.4) is 0 Å². The summed E-state index contributed by atoms with van der Waals surface area (Å²) >= 11 is 0. The Morgan fingerprint density at radius 1 is 1.00 bits per heavy atom. The first-order chi connectivity index (χ1) is 14.4. The number of aromatic hydroxyl groups is 2. The molecule has 0 saturated heterocycles. The van der Waals surface area contributed by atoms with Crippen molar-refractivity contribution in [2.45, 2.75) is 6.61 Å². The van der Waals surface area contributed by atoms with Crippen LogP contribution in [0, 0.1) is 10.1 Å². The first-order valence-electron chi connectivity index (χ1n) is 8.88. The molecule has 0 amide bonds. The second-order valence-corrected chi connectivity index (χ2v) is 6.51. The molecule has 0 atom stereocenters. The number of non-ortho nitro benzene ring substituents is 1. The maximum atomic E-state index is 12.6. The molecular formula is C22H15NO7. The number of rotatable bonds is 5. The maximum Gasteiger partial charge on any atom is 0.269 e. The average Bonchev–Trinajstić information content (AvgIpc) is 2.75. The van der Waals surface area contributed by atoms with Gasteiger partial charge in [-0.1, -0.05) is 42.5 Å². The molecule has 0 unspecified atom stereocenters. The lowest BCUT2D eigenvalue weighted by atomic mass is 10.1. The predicted octanol–water partition coefficient (Wildman–Crippen LogP) is 4.36. The van der Waals surface area contributed by atoms with Gasteiger partial charge in [0, 0.05) is 29.8 Å². The van der Waals surface area contributed by atoms with Gasteiger partial charge in [0.2, 0.25) is 11.2 Å². The number of ether oxygens (including phenoxy) is 1. The molecule has 0 fully saturated rings. The fraction of sp³-hybridized carbons (Fsp3) is 0.0455. The van der Waals surface area contributed by atoms with Crippen LogP contribution in [0.2, 0.25) is 0 Å². The highest BCUT2D eigenvalue weighted by Crippen LogP contribution is 2.35. The summed E-state index contributed by atoms with van der Waals surface area (Å²) in [6.45, 7) is 0.000481. The van der Waals surface area contributed by atoms with Gasteiger partial charge in [-0.3, -0.25) is 14.9 Å². The standard InChI is InChI=1S/C22H15NO7/c24-17-10-16(29-12-13-5-4-8-15(9-13)23(27)28)11-18-19(17)20(25)21(26)22(30-18)14-6-2-1-3-7-14/h1-11,24,26H,12H2. The molecule has 0 aliphatic rings. The van der Waals surface area contributed by atoms with Crippen molar-refractivity contribution in [3.63, 3.8) is 0 Å². The fourth-order valence-corrected chi connectivity index (χ4v) is 3.06. The molecule has 0 spiro atoms. The molecular weight excluding hydrogens is 390 g/mol. The molecule has 8 nitrogen and oxygen atoms in total. The maximum absolute atomic E-state index is 12.6. The van der Waals surface area contributed by atoms with Crippen LogP contribution in [0.15, 0.2) is 75.9 Å². The van der Waals surface area contributed by atoms with E-state index < -0.39 is 21.9 Å². The van der Waals surface area contributed by atoms with E-state index in [4.69, 9.17) is 9.15 Å². The van der Waals surface area contributed by atoms with Crippen LogP contribution in [-0.2, 0) is 6.61 Å². The molecule has 0 saturated carbocycles. The molecule has 1 heterocycles. The van der Waals surface area contributed by atoms with Gasteiger partial charge in [0.05, 0.1) is 4.92 Å². The molecule has 2 N–H and O–H groups in total. The number of fused-ring (bicyclic) bond motifs is 1. The number of hydrogen-bond acceptors (Lipinski definition) is 7. The van der Waals surface area contributed by atoms with Gasteiger partial charge in [0.1, 0.15) is 29.1 Å². The zero-order valence-corrected chi connectivity index (χ0v) is 15.4. The van der Waals surface area contributed by atoms with E-state index in [2.05, 4.69) is 0 Å². The van der Waals surface area contributed by atoms with E-state index in [-0.39, 0.29) is 34.8 Å². The van der Waals surface area contributed by atoms with E-state index in [1.54, 1.807) is 42.5 Å². The normalized spacial score (nSPS) is 10.8. The summed E-state index contributed by atoms with van der Waals surface area (Å²) in [5, 5.41) is 31.3. The first-order valence-corrected chi connectivity index (χ1v) is 8.88. The van der Waals surface area contributed by atoms with Crippen LogP contribution in [-0.4, -0.2) is 15.1 Å². The molecule has 8 heteroatoms. The van der Waals surface area contributed by atoms with E-state index in [0.717, 1.165) is 0 Å². The molecule has 0 aliphatic heterocycles. The van der Waals surface area contributed by atoms with Gasteiger partial charge in [-0.15, -0.1) is 0 Å². The SMILES string of the molecule is O=c1c(O)c(-c2ccccc2)oc2cc(OCc3cccc([N+](=O)[O-])c3)cc(O)c12. The number of nitro groups is 1. The fourth-order valence-electron chi connectivity index (χ4n) is 3.06. The summed E-state index contributed by atoms with van der Waals surface area (Å²) in [7, 11) is 0. The van der Waals surface area contributed by atoms with E-state index in [1.165, 1.54) is 24.3 Å². The van der Waals surface area contributed by atoms with Gasteiger partial charge in [0.15, 0.2) is 5.76 Å². The van der Waals surface area contributed by atoms with Crippen molar-refractivity contribution in [3.05, 3.63) is 92.6 Å². The van der Waals surface area contributed by atoms with Gasteiger partial charge in [-0.25, -0.2) is 0 Å². The van der Waals surface area contributed by atoms with E-state index in [0.29, 0.717) is 11.1 Å². The van der Waals surface area contributed by atoms with Crippen LogP contribution >= 0.6 is 0 Å². The predicted molar refractivity (Wildman–Crippen MR) is 109 cm³/mol. The Labute approximate surface area is 169 Å². The minimum absolute atomic E-state index is 0.000481. The van der Waals surface area contributed by atoms with Crippen molar-refractivity contribution in [2.75, 3.05) is 0 Å².